The number of fused-ring (bicyclic) bond motifs is 1. The molecule has 4 nitrogen and oxygen atoms in total. The van der Waals surface area contributed by atoms with Crippen molar-refractivity contribution in [1.29, 1.82) is 0 Å². The summed E-state index contributed by atoms with van der Waals surface area (Å²) in [7, 11) is 0. The average molecular weight is 328 g/mol. The van der Waals surface area contributed by atoms with Crippen LogP contribution in [0.25, 0.3) is 0 Å². The molecule has 1 atom stereocenters. The SMILES string of the molecule is CC(C)C(CCBr)NC(=O)c1ccc2c(c1)OCO2. The minimum atomic E-state index is -0.0713. The molecular weight excluding hydrogens is 310 g/mol. The van der Waals surface area contributed by atoms with Crippen molar-refractivity contribution in [3.63, 3.8) is 0 Å². The van der Waals surface area contributed by atoms with Gasteiger partial charge in [0, 0.05) is 16.9 Å². The summed E-state index contributed by atoms with van der Waals surface area (Å²) in [5, 5.41) is 3.93. The summed E-state index contributed by atoms with van der Waals surface area (Å²) in [5.74, 6) is 1.65. The maximum Gasteiger partial charge on any atom is 0.251 e. The Kier molecular flexibility index (Phi) is 4.69. The highest BCUT2D eigenvalue weighted by Crippen LogP contribution is 2.32. The summed E-state index contributed by atoms with van der Waals surface area (Å²) in [4.78, 5) is 12.2. The van der Waals surface area contributed by atoms with Crippen LogP contribution in [0.4, 0.5) is 0 Å². The molecule has 0 bridgehead atoms. The molecule has 0 radical (unpaired) electrons. The van der Waals surface area contributed by atoms with Crippen molar-refractivity contribution in [2.45, 2.75) is 26.3 Å². The van der Waals surface area contributed by atoms with Crippen LogP contribution in [0.2, 0.25) is 0 Å². The summed E-state index contributed by atoms with van der Waals surface area (Å²) >= 11 is 3.42. The standard InChI is InChI=1S/C14H18BrNO3/c1-9(2)11(5-6-15)16-14(17)10-3-4-12-13(7-10)19-8-18-12/h3-4,7,9,11H,5-6,8H2,1-2H3,(H,16,17). The van der Waals surface area contributed by atoms with Crippen LogP contribution in [0, 0.1) is 5.92 Å². The first-order valence-electron chi connectivity index (χ1n) is 6.38. The molecule has 0 saturated heterocycles. The fourth-order valence-corrected chi connectivity index (χ4v) is 2.47. The molecule has 1 aliphatic rings. The minimum absolute atomic E-state index is 0.0713. The average Bonchev–Trinajstić information content (AvgIpc) is 2.85. The lowest BCUT2D eigenvalue weighted by molar-refractivity contribution is 0.0924. The molecule has 0 fully saturated rings. The van der Waals surface area contributed by atoms with E-state index in [2.05, 4.69) is 35.1 Å². The molecule has 1 heterocycles. The van der Waals surface area contributed by atoms with Crippen molar-refractivity contribution in [2.24, 2.45) is 5.92 Å². The number of halogens is 1. The molecule has 5 heteroatoms. The van der Waals surface area contributed by atoms with Crippen LogP contribution in [-0.4, -0.2) is 24.1 Å². The predicted octanol–water partition coefficient (Wildman–Crippen LogP) is 2.95. The smallest absolute Gasteiger partial charge is 0.251 e. The summed E-state index contributed by atoms with van der Waals surface area (Å²) < 4.78 is 10.5. The molecule has 104 valence electrons. The Labute approximate surface area is 121 Å². The van der Waals surface area contributed by atoms with E-state index in [4.69, 9.17) is 9.47 Å². The number of hydrogen-bond donors (Lipinski definition) is 1. The van der Waals surface area contributed by atoms with E-state index < -0.39 is 0 Å². The van der Waals surface area contributed by atoms with Crippen molar-refractivity contribution in [1.82, 2.24) is 5.32 Å². The molecule has 1 amide bonds. The fourth-order valence-electron chi connectivity index (χ4n) is 1.98. The summed E-state index contributed by atoms with van der Waals surface area (Å²) in [6, 6.07) is 5.42. The Morgan fingerprint density at radius 2 is 2.11 bits per heavy atom. The summed E-state index contributed by atoms with van der Waals surface area (Å²) in [6.07, 6.45) is 0.911. The van der Waals surface area contributed by atoms with Crippen molar-refractivity contribution in [3.8, 4) is 11.5 Å². The van der Waals surface area contributed by atoms with E-state index in [1.807, 2.05) is 0 Å². The number of ether oxygens (including phenoxy) is 2. The van der Waals surface area contributed by atoms with E-state index >= 15 is 0 Å². The molecule has 1 aromatic carbocycles. The molecule has 0 spiro atoms. The lowest BCUT2D eigenvalue weighted by Crippen LogP contribution is -2.38. The second-order valence-electron chi connectivity index (χ2n) is 4.87. The number of rotatable bonds is 5. The number of hydrogen-bond acceptors (Lipinski definition) is 3. The molecule has 0 aromatic heterocycles. The number of nitrogens with one attached hydrogen (secondary N) is 1. The number of benzene rings is 1. The molecule has 1 unspecified atom stereocenters. The zero-order valence-electron chi connectivity index (χ0n) is 11.1. The van der Waals surface area contributed by atoms with Crippen LogP contribution in [-0.2, 0) is 0 Å². The zero-order chi connectivity index (χ0) is 13.8. The molecule has 1 N–H and O–H groups in total. The Morgan fingerprint density at radius 1 is 1.37 bits per heavy atom. The van der Waals surface area contributed by atoms with Gasteiger partial charge in [-0.25, -0.2) is 0 Å². The minimum Gasteiger partial charge on any atom is -0.454 e. The molecule has 1 aromatic rings. The van der Waals surface area contributed by atoms with E-state index in [0.29, 0.717) is 23.0 Å². The third-order valence-electron chi connectivity index (χ3n) is 3.18. The van der Waals surface area contributed by atoms with Crippen LogP contribution in [0.3, 0.4) is 0 Å². The van der Waals surface area contributed by atoms with Crippen LogP contribution < -0.4 is 14.8 Å². The van der Waals surface area contributed by atoms with Gasteiger partial charge in [0.2, 0.25) is 6.79 Å². The Balaban J connectivity index is 2.07. The van der Waals surface area contributed by atoms with Gasteiger partial charge in [0.05, 0.1) is 0 Å². The van der Waals surface area contributed by atoms with Gasteiger partial charge < -0.3 is 14.8 Å². The van der Waals surface area contributed by atoms with Crippen molar-refractivity contribution >= 4 is 21.8 Å². The van der Waals surface area contributed by atoms with Gasteiger partial charge in [-0.05, 0) is 30.5 Å². The van der Waals surface area contributed by atoms with Crippen LogP contribution in [0.1, 0.15) is 30.6 Å². The van der Waals surface area contributed by atoms with Gasteiger partial charge in [-0.2, -0.15) is 0 Å². The highest BCUT2D eigenvalue weighted by Gasteiger charge is 2.19. The maximum absolute atomic E-state index is 12.2. The Hall–Kier alpha value is -1.23. The van der Waals surface area contributed by atoms with Crippen molar-refractivity contribution in [2.75, 3.05) is 12.1 Å². The van der Waals surface area contributed by atoms with Gasteiger partial charge in [-0.1, -0.05) is 29.8 Å². The lowest BCUT2D eigenvalue weighted by Gasteiger charge is -2.21. The molecular formula is C14H18BrNO3. The number of carbonyl (C=O) groups excluding carboxylic acids is 1. The Bertz CT molecular complexity index is 462. The molecule has 1 aliphatic heterocycles. The first-order valence-corrected chi connectivity index (χ1v) is 7.50. The topological polar surface area (TPSA) is 47.6 Å². The monoisotopic (exact) mass is 327 g/mol. The lowest BCUT2D eigenvalue weighted by atomic mass is 10.0. The molecule has 19 heavy (non-hydrogen) atoms. The second-order valence-corrected chi connectivity index (χ2v) is 5.66. The van der Waals surface area contributed by atoms with Crippen LogP contribution >= 0.6 is 15.9 Å². The maximum atomic E-state index is 12.2. The highest BCUT2D eigenvalue weighted by atomic mass is 79.9. The van der Waals surface area contributed by atoms with Gasteiger partial charge in [-0.15, -0.1) is 0 Å². The van der Waals surface area contributed by atoms with Crippen LogP contribution in [0.15, 0.2) is 18.2 Å². The molecule has 2 rings (SSSR count). The van der Waals surface area contributed by atoms with Gasteiger partial charge in [0.1, 0.15) is 0 Å². The van der Waals surface area contributed by atoms with E-state index in [0.717, 1.165) is 11.8 Å². The van der Waals surface area contributed by atoms with Gasteiger partial charge in [0.15, 0.2) is 11.5 Å². The van der Waals surface area contributed by atoms with Gasteiger partial charge in [-0.3, -0.25) is 4.79 Å². The first-order chi connectivity index (χ1) is 9.11. The number of alkyl halides is 1. The van der Waals surface area contributed by atoms with Crippen LogP contribution in [0.5, 0.6) is 11.5 Å². The zero-order valence-corrected chi connectivity index (χ0v) is 12.7. The molecule has 0 saturated carbocycles. The largest absolute Gasteiger partial charge is 0.454 e. The first kappa shape index (κ1) is 14.2. The summed E-state index contributed by atoms with van der Waals surface area (Å²) in [5.41, 5.74) is 0.601. The summed E-state index contributed by atoms with van der Waals surface area (Å²) in [6.45, 7) is 4.43. The quantitative estimate of drug-likeness (QED) is 0.846. The van der Waals surface area contributed by atoms with E-state index in [1.54, 1.807) is 18.2 Å². The van der Waals surface area contributed by atoms with E-state index in [9.17, 15) is 4.79 Å². The van der Waals surface area contributed by atoms with Gasteiger partial charge in [0.25, 0.3) is 5.91 Å². The second kappa shape index (κ2) is 6.28. The third kappa shape index (κ3) is 3.41. The number of carbonyl (C=O) groups is 1. The van der Waals surface area contributed by atoms with Crippen molar-refractivity contribution < 1.29 is 14.3 Å². The fraction of sp³-hybridized carbons (Fsp3) is 0.500. The predicted molar refractivity (Wildman–Crippen MR) is 77.1 cm³/mol. The van der Waals surface area contributed by atoms with Crippen molar-refractivity contribution in [3.05, 3.63) is 23.8 Å². The Morgan fingerprint density at radius 3 is 2.79 bits per heavy atom. The normalized spacial score (nSPS) is 14.5. The van der Waals surface area contributed by atoms with Gasteiger partial charge >= 0.3 is 0 Å². The van der Waals surface area contributed by atoms with E-state index in [1.165, 1.54) is 0 Å². The number of amides is 1. The highest BCUT2D eigenvalue weighted by molar-refractivity contribution is 9.09. The third-order valence-corrected chi connectivity index (χ3v) is 3.63. The molecule has 0 aliphatic carbocycles. The van der Waals surface area contributed by atoms with E-state index in [-0.39, 0.29) is 18.7 Å².